The summed E-state index contributed by atoms with van der Waals surface area (Å²) >= 11 is 0. The summed E-state index contributed by atoms with van der Waals surface area (Å²) in [6.45, 7) is 2.00. The number of carbonyl (C=O) groups excluding carboxylic acids is 1. The Labute approximate surface area is 190 Å². The summed E-state index contributed by atoms with van der Waals surface area (Å²) in [6.07, 6.45) is 0. The lowest BCUT2D eigenvalue weighted by Crippen LogP contribution is -2.32. The highest BCUT2D eigenvalue weighted by Crippen LogP contribution is 2.18. The van der Waals surface area contributed by atoms with E-state index in [2.05, 4.69) is 10.4 Å². The Balaban J connectivity index is 1.67. The number of carbonyl (C=O) groups is 1. The molecule has 1 aromatic heterocycles. The van der Waals surface area contributed by atoms with Gasteiger partial charge in [-0.15, -0.1) is 0 Å². The average molecular weight is 463 g/mol. The van der Waals surface area contributed by atoms with Gasteiger partial charge < -0.3 is 5.32 Å². The summed E-state index contributed by atoms with van der Waals surface area (Å²) in [5.41, 5.74) is 1.43. The minimum Gasteiger partial charge on any atom is -0.344 e. The molecule has 3 aromatic carbocycles. The van der Waals surface area contributed by atoms with E-state index in [4.69, 9.17) is 5.14 Å². The predicted molar refractivity (Wildman–Crippen MR) is 125 cm³/mol. The summed E-state index contributed by atoms with van der Waals surface area (Å²) in [5.74, 6) is -0.448. The fourth-order valence-electron chi connectivity index (χ4n) is 3.56. The Morgan fingerprint density at radius 2 is 1.58 bits per heavy atom. The molecule has 9 heteroatoms. The lowest BCUT2D eigenvalue weighted by Gasteiger charge is -2.16. The number of amides is 1. The van der Waals surface area contributed by atoms with E-state index < -0.39 is 22.0 Å². The lowest BCUT2D eigenvalue weighted by molar-refractivity contribution is 0.0934. The maximum atomic E-state index is 13.2. The van der Waals surface area contributed by atoms with Crippen LogP contribution in [0.2, 0.25) is 0 Å². The molecule has 0 aliphatic carbocycles. The van der Waals surface area contributed by atoms with Crippen molar-refractivity contribution < 1.29 is 13.2 Å². The van der Waals surface area contributed by atoms with Crippen LogP contribution in [0.1, 0.15) is 34.6 Å². The van der Waals surface area contributed by atoms with Crippen molar-refractivity contribution in [3.8, 4) is 0 Å². The number of rotatable bonds is 6. The second kappa shape index (κ2) is 8.97. The van der Waals surface area contributed by atoms with Gasteiger partial charge in [0.1, 0.15) is 0 Å². The first-order valence-corrected chi connectivity index (χ1v) is 11.8. The molecule has 0 aliphatic heterocycles. The number of aromatic nitrogens is 2. The number of nitrogens with two attached hydrogens (primary N) is 1. The lowest BCUT2D eigenvalue weighted by atomic mass is 10.1. The zero-order valence-electron chi connectivity index (χ0n) is 17.8. The highest BCUT2D eigenvalue weighted by molar-refractivity contribution is 7.89. The van der Waals surface area contributed by atoms with Gasteiger partial charge >= 0.3 is 0 Å². The van der Waals surface area contributed by atoms with Crippen LogP contribution in [0.5, 0.6) is 0 Å². The van der Waals surface area contributed by atoms with E-state index in [1.165, 1.54) is 16.8 Å². The monoisotopic (exact) mass is 462 g/mol. The van der Waals surface area contributed by atoms with E-state index in [1.54, 1.807) is 43.3 Å². The van der Waals surface area contributed by atoms with Gasteiger partial charge in [0.05, 0.1) is 22.9 Å². The van der Waals surface area contributed by atoms with Crippen molar-refractivity contribution >= 4 is 26.7 Å². The molecule has 0 radical (unpaired) electrons. The summed E-state index contributed by atoms with van der Waals surface area (Å²) in [5, 5.41) is 13.3. The van der Waals surface area contributed by atoms with E-state index in [9.17, 15) is 18.0 Å². The molecule has 168 valence electrons. The molecule has 1 heterocycles. The van der Waals surface area contributed by atoms with Crippen LogP contribution in [-0.4, -0.2) is 24.1 Å². The molecule has 0 aliphatic rings. The minimum atomic E-state index is -3.80. The SMILES string of the molecule is CC(NC(=O)c1nn(Cc2ccccc2)c(=O)c2ccccc12)c1ccc(S(N)(=O)=O)cc1. The topological polar surface area (TPSA) is 124 Å². The van der Waals surface area contributed by atoms with Crippen LogP contribution in [0.4, 0.5) is 0 Å². The van der Waals surface area contributed by atoms with Crippen LogP contribution in [0.25, 0.3) is 10.8 Å². The van der Waals surface area contributed by atoms with Crippen LogP contribution >= 0.6 is 0 Å². The third kappa shape index (κ3) is 4.84. The van der Waals surface area contributed by atoms with Crippen molar-refractivity contribution in [3.05, 3.63) is 106 Å². The van der Waals surface area contributed by atoms with Crippen LogP contribution in [0.3, 0.4) is 0 Å². The van der Waals surface area contributed by atoms with Crippen molar-refractivity contribution in [2.45, 2.75) is 24.4 Å². The van der Waals surface area contributed by atoms with Crippen LogP contribution in [0.15, 0.2) is 88.6 Å². The van der Waals surface area contributed by atoms with Gasteiger partial charge in [-0.05, 0) is 36.2 Å². The third-order valence-corrected chi connectivity index (χ3v) is 6.24. The zero-order valence-corrected chi connectivity index (χ0v) is 18.6. The third-order valence-electron chi connectivity index (χ3n) is 5.31. The first kappa shape index (κ1) is 22.4. The molecule has 4 aromatic rings. The molecule has 0 bridgehead atoms. The van der Waals surface area contributed by atoms with E-state index in [-0.39, 0.29) is 22.7 Å². The second-order valence-electron chi connectivity index (χ2n) is 7.65. The smallest absolute Gasteiger partial charge is 0.274 e. The molecule has 3 N–H and O–H groups in total. The van der Waals surface area contributed by atoms with Crippen molar-refractivity contribution in [1.29, 1.82) is 0 Å². The van der Waals surface area contributed by atoms with Crippen LogP contribution < -0.4 is 16.0 Å². The van der Waals surface area contributed by atoms with Gasteiger partial charge in [-0.1, -0.05) is 60.7 Å². The van der Waals surface area contributed by atoms with Gasteiger partial charge in [0.25, 0.3) is 11.5 Å². The molecular weight excluding hydrogens is 440 g/mol. The first-order valence-electron chi connectivity index (χ1n) is 10.2. The van der Waals surface area contributed by atoms with E-state index in [1.807, 2.05) is 30.3 Å². The molecule has 8 nitrogen and oxygen atoms in total. The van der Waals surface area contributed by atoms with Gasteiger partial charge in [0, 0.05) is 5.39 Å². The summed E-state index contributed by atoms with van der Waals surface area (Å²) in [4.78, 5) is 26.1. The number of hydrogen-bond acceptors (Lipinski definition) is 5. The molecule has 1 amide bonds. The van der Waals surface area contributed by atoms with E-state index in [0.29, 0.717) is 16.3 Å². The molecule has 0 fully saturated rings. The number of nitrogens with zero attached hydrogens (tertiary/aromatic N) is 2. The quantitative estimate of drug-likeness (QED) is 0.456. The van der Waals surface area contributed by atoms with E-state index >= 15 is 0 Å². The van der Waals surface area contributed by atoms with Crippen LogP contribution in [-0.2, 0) is 16.6 Å². The van der Waals surface area contributed by atoms with Gasteiger partial charge in [0.15, 0.2) is 5.69 Å². The normalized spacial score (nSPS) is 12.4. The predicted octanol–water partition coefficient (Wildman–Crippen LogP) is 2.58. The number of primary sulfonamides is 1. The maximum Gasteiger partial charge on any atom is 0.274 e. The van der Waals surface area contributed by atoms with Gasteiger partial charge in [0.2, 0.25) is 10.0 Å². The Morgan fingerprint density at radius 3 is 2.21 bits per heavy atom. The highest BCUT2D eigenvalue weighted by atomic mass is 32.2. The summed E-state index contributed by atoms with van der Waals surface area (Å²) in [6, 6.07) is 21.8. The molecule has 1 atom stereocenters. The number of nitrogens with one attached hydrogen (secondary N) is 1. The molecule has 0 saturated heterocycles. The molecular formula is C24H22N4O4S. The Hall–Kier alpha value is -3.82. The average Bonchev–Trinajstić information content (AvgIpc) is 2.81. The largest absolute Gasteiger partial charge is 0.344 e. The number of hydrogen-bond donors (Lipinski definition) is 2. The first-order chi connectivity index (χ1) is 15.7. The number of fused-ring (bicyclic) bond motifs is 1. The molecule has 4 rings (SSSR count). The number of benzene rings is 3. The van der Waals surface area contributed by atoms with Crippen molar-refractivity contribution in [3.63, 3.8) is 0 Å². The molecule has 33 heavy (non-hydrogen) atoms. The number of sulfonamides is 1. The summed E-state index contributed by atoms with van der Waals surface area (Å²) in [7, 11) is -3.80. The fourth-order valence-corrected chi connectivity index (χ4v) is 4.08. The Bertz CT molecular complexity index is 1480. The summed E-state index contributed by atoms with van der Waals surface area (Å²) < 4.78 is 24.2. The standard InChI is InChI=1S/C24H22N4O4S/c1-16(18-11-13-19(14-12-18)33(25,31)32)26-23(29)22-20-9-5-6-10-21(20)24(30)28(27-22)15-17-7-3-2-4-8-17/h2-14,16H,15H2,1H3,(H,26,29)(H2,25,31,32). The Morgan fingerprint density at radius 1 is 0.970 bits per heavy atom. The molecule has 1 unspecified atom stereocenters. The van der Waals surface area contributed by atoms with Gasteiger partial charge in [-0.25, -0.2) is 18.2 Å². The zero-order chi connectivity index (χ0) is 23.6. The Kier molecular flexibility index (Phi) is 6.08. The van der Waals surface area contributed by atoms with Crippen molar-refractivity contribution in [2.75, 3.05) is 0 Å². The second-order valence-corrected chi connectivity index (χ2v) is 9.21. The van der Waals surface area contributed by atoms with Gasteiger partial charge in [-0.2, -0.15) is 5.10 Å². The van der Waals surface area contributed by atoms with Crippen LogP contribution in [0, 0.1) is 0 Å². The van der Waals surface area contributed by atoms with Gasteiger partial charge in [-0.3, -0.25) is 9.59 Å². The highest BCUT2D eigenvalue weighted by Gasteiger charge is 2.19. The van der Waals surface area contributed by atoms with Crippen molar-refractivity contribution in [2.24, 2.45) is 5.14 Å². The van der Waals surface area contributed by atoms with Crippen molar-refractivity contribution in [1.82, 2.24) is 15.1 Å². The van der Waals surface area contributed by atoms with E-state index in [0.717, 1.165) is 5.56 Å². The molecule has 0 spiro atoms. The fraction of sp³-hybridized carbons (Fsp3) is 0.125. The molecule has 0 saturated carbocycles. The minimum absolute atomic E-state index is 0.00887. The maximum absolute atomic E-state index is 13.2.